The van der Waals surface area contributed by atoms with Crippen LogP contribution in [-0.2, 0) is 17.7 Å². The maximum absolute atomic E-state index is 9.03. The number of likely N-dealkylation sites (tertiary alicyclic amines) is 1. The molecule has 2 aromatic rings. The largest absolute Gasteiger partial charge is 0.384 e. The third-order valence-electron chi connectivity index (χ3n) is 4.42. The summed E-state index contributed by atoms with van der Waals surface area (Å²) in [6, 6.07) is 10.1. The number of hydrogen-bond acceptors (Lipinski definition) is 5. The van der Waals surface area contributed by atoms with Crippen molar-refractivity contribution in [2.75, 3.05) is 26.8 Å². The van der Waals surface area contributed by atoms with E-state index in [1.165, 1.54) is 5.56 Å². The lowest BCUT2D eigenvalue weighted by Crippen LogP contribution is -2.34. The van der Waals surface area contributed by atoms with Crippen molar-refractivity contribution in [1.29, 1.82) is 5.26 Å². The van der Waals surface area contributed by atoms with Crippen LogP contribution < -0.4 is 0 Å². The fourth-order valence-electron chi connectivity index (χ4n) is 3.21. The van der Waals surface area contributed by atoms with Gasteiger partial charge in [0.2, 0.25) is 0 Å². The Morgan fingerprint density at radius 1 is 1.46 bits per heavy atom. The van der Waals surface area contributed by atoms with Crippen LogP contribution >= 0.6 is 0 Å². The first-order chi connectivity index (χ1) is 11.8. The van der Waals surface area contributed by atoms with Gasteiger partial charge in [0.25, 0.3) is 0 Å². The molecular weight excluding hydrogens is 302 g/mol. The van der Waals surface area contributed by atoms with Gasteiger partial charge in [-0.2, -0.15) is 10.4 Å². The Balaban J connectivity index is 1.61. The van der Waals surface area contributed by atoms with Gasteiger partial charge in [-0.05, 0) is 37.1 Å². The second kappa shape index (κ2) is 8.04. The number of aromatic amines is 1. The first-order valence-corrected chi connectivity index (χ1v) is 8.40. The Hall–Kier alpha value is -2.23. The maximum Gasteiger partial charge on any atom is 0.155 e. The van der Waals surface area contributed by atoms with Crippen LogP contribution in [0.3, 0.4) is 0 Å². The summed E-state index contributed by atoms with van der Waals surface area (Å²) >= 11 is 0. The molecule has 1 aromatic carbocycles. The Morgan fingerprint density at radius 2 is 2.38 bits per heavy atom. The van der Waals surface area contributed by atoms with Gasteiger partial charge in [0, 0.05) is 32.5 Å². The van der Waals surface area contributed by atoms with Crippen LogP contribution in [0.4, 0.5) is 0 Å². The lowest BCUT2D eigenvalue weighted by molar-refractivity contribution is 0.196. The van der Waals surface area contributed by atoms with Gasteiger partial charge in [-0.15, -0.1) is 0 Å². The molecule has 1 aromatic heterocycles. The summed E-state index contributed by atoms with van der Waals surface area (Å²) in [5.74, 6) is 2.17. The van der Waals surface area contributed by atoms with Gasteiger partial charge in [0.15, 0.2) is 5.82 Å². The minimum absolute atomic E-state index is 0.366. The van der Waals surface area contributed by atoms with Gasteiger partial charge in [0.05, 0.1) is 18.2 Å². The second-order valence-electron chi connectivity index (χ2n) is 6.27. The monoisotopic (exact) mass is 325 g/mol. The van der Waals surface area contributed by atoms with Crippen molar-refractivity contribution in [2.24, 2.45) is 0 Å². The Labute approximate surface area is 142 Å². The van der Waals surface area contributed by atoms with Crippen molar-refractivity contribution < 1.29 is 4.74 Å². The average Bonchev–Trinajstić information content (AvgIpc) is 3.09. The SMILES string of the molecule is COCCc1nc([C@H]2CCCN(Cc3cccc(C#N)c3)C2)n[nH]1. The molecule has 126 valence electrons. The van der Waals surface area contributed by atoms with E-state index >= 15 is 0 Å². The number of nitrogens with one attached hydrogen (secondary N) is 1. The molecule has 6 nitrogen and oxygen atoms in total. The number of benzene rings is 1. The predicted octanol–water partition coefficient (Wildman–Crippen LogP) is 2.24. The van der Waals surface area contributed by atoms with E-state index in [0.717, 1.165) is 56.1 Å². The van der Waals surface area contributed by atoms with Crippen molar-refractivity contribution in [3.63, 3.8) is 0 Å². The number of methoxy groups -OCH3 is 1. The Morgan fingerprint density at radius 3 is 3.21 bits per heavy atom. The number of aromatic nitrogens is 3. The molecule has 1 N–H and O–H groups in total. The molecule has 2 heterocycles. The van der Waals surface area contributed by atoms with Crippen LogP contribution in [0.1, 0.15) is 41.5 Å². The van der Waals surface area contributed by atoms with E-state index in [9.17, 15) is 0 Å². The van der Waals surface area contributed by atoms with Gasteiger partial charge in [-0.1, -0.05) is 12.1 Å². The first-order valence-electron chi connectivity index (χ1n) is 8.40. The molecule has 1 fully saturated rings. The van der Waals surface area contributed by atoms with Crippen molar-refractivity contribution in [3.05, 3.63) is 47.0 Å². The zero-order valence-corrected chi connectivity index (χ0v) is 14.0. The number of piperidine rings is 1. The molecule has 1 saturated heterocycles. The molecular formula is C18H23N5O. The highest BCUT2D eigenvalue weighted by Crippen LogP contribution is 2.25. The lowest BCUT2D eigenvalue weighted by atomic mass is 9.97. The molecule has 0 radical (unpaired) electrons. The fourth-order valence-corrected chi connectivity index (χ4v) is 3.21. The molecule has 0 amide bonds. The highest BCUT2D eigenvalue weighted by atomic mass is 16.5. The molecule has 1 aliphatic heterocycles. The topological polar surface area (TPSA) is 77.8 Å². The third kappa shape index (κ3) is 4.19. The Kier molecular flexibility index (Phi) is 5.57. The first kappa shape index (κ1) is 16.6. The van der Waals surface area contributed by atoms with E-state index in [2.05, 4.69) is 32.2 Å². The van der Waals surface area contributed by atoms with Crippen LogP contribution in [0.2, 0.25) is 0 Å². The van der Waals surface area contributed by atoms with Gasteiger partial charge < -0.3 is 4.74 Å². The van der Waals surface area contributed by atoms with E-state index in [4.69, 9.17) is 10.00 Å². The molecule has 0 saturated carbocycles. The van der Waals surface area contributed by atoms with E-state index in [1.54, 1.807) is 7.11 Å². The third-order valence-corrected chi connectivity index (χ3v) is 4.42. The van der Waals surface area contributed by atoms with Gasteiger partial charge >= 0.3 is 0 Å². The van der Waals surface area contributed by atoms with E-state index in [1.807, 2.05) is 18.2 Å². The summed E-state index contributed by atoms with van der Waals surface area (Å²) in [7, 11) is 1.69. The number of nitriles is 1. The highest BCUT2D eigenvalue weighted by Gasteiger charge is 2.24. The average molecular weight is 325 g/mol. The zero-order chi connectivity index (χ0) is 16.8. The molecule has 0 spiro atoms. The van der Waals surface area contributed by atoms with Gasteiger partial charge in [-0.3, -0.25) is 10.00 Å². The molecule has 0 aliphatic carbocycles. The number of hydrogen-bond donors (Lipinski definition) is 1. The van der Waals surface area contributed by atoms with Crippen LogP contribution in [0, 0.1) is 11.3 Å². The maximum atomic E-state index is 9.03. The highest BCUT2D eigenvalue weighted by molar-refractivity contribution is 5.32. The lowest BCUT2D eigenvalue weighted by Gasteiger charge is -2.31. The molecule has 3 rings (SSSR count). The van der Waals surface area contributed by atoms with Crippen LogP contribution in [-0.4, -0.2) is 46.9 Å². The number of rotatable bonds is 6. The number of nitrogens with zero attached hydrogens (tertiary/aromatic N) is 4. The number of ether oxygens (including phenoxy) is 1. The van der Waals surface area contributed by atoms with Crippen molar-refractivity contribution in [2.45, 2.75) is 31.7 Å². The van der Waals surface area contributed by atoms with E-state index in [-0.39, 0.29) is 0 Å². The minimum Gasteiger partial charge on any atom is -0.384 e. The quantitative estimate of drug-likeness (QED) is 0.881. The second-order valence-corrected chi connectivity index (χ2v) is 6.27. The summed E-state index contributed by atoms with van der Waals surface area (Å²) in [6.45, 7) is 3.56. The normalized spacial score (nSPS) is 18.4. The summed E-state index contributed by atoms with van der Waals surface area (Å²) < 4.78 is 5.08. The van der Waals surface area contributed by atoms with Gasteiger partial charge in [0.1, 0.15) is 5.82 Å². The number of H-pyrrole nitrogens is 1. The summed E-state index contributed by atoms with van der Waals surface area (Å²) in [6.07, 6.45) is 3.03. The Bertz CT molecular complexity index is 705. The van der Waals surface area contributed by atoms with Crippen molar-refractivity contribution in [3.8, 4) is 6.07 Å². The molecule has 1 aliphatic rings. The minimum atomic E-state index is 0.366. The molecule has 6 heteroatoms. The van der Waals surface area contributed by atoms with Crippen LogP contribution in [0.5, 0.6) is 0 Å². The van der Waals surface area contributed by atoms with E-state index < -0.39 is 0 Å². The predicted molar refractivity (Wildman–Crippen MR) is 90.4 cm³/mol. The summed E-state index contributed by atoms with van der Waals surface area (Å²) in [4.78, 5) is 7.05. The molecule has 24 heavy (non-hydrogen) atoms. The summed E-state index contributed by atoms with van der Waals surface area (Å²) in [5, 5.41) is 16.5. The molecule has 1 atom stereocenters. The van der Waals surface area contributed by atoms with Crippen molar-refractivity contribution >= 4 is 0 Å². The fraction of sp³-hybridized carbons (Fsp3) is 0.500. The smallest absolute Gasteiger partial charge is 0.155 e. The zero-order valence-electron chi connectivity index (χ0n) is 14.0. The standard InChI is InChI=1S/C18H23N5O/c1-24-9-7-17-20-18(22-21-17)16-6-3-8-23(13-16)12-15-5-2-4-14(10-15)11-19/h2,4-5,10,16H,3,6-9,12-13H2,1H3,(H,20,21,22)/t16-/m0/s1. The summed E-state index contributed by atoms with van der Waals surface area (Å²) in [5.41, 5.74) is 1.91. The molecule has 0 bridgehead atoms. The molecule has 0 unspecified atom stereocenters. The van der Waals surface area contributed by atoms with Crippen molar-refractivity contribution in [1.82, 2.24) is 20.1 Å². The van der Waals surface area contributed by atoms with Gasteiger partial charge in [-0.25, -0.2) is 4.98 Å². The van der Waals surface area contributed by atoms with Crippen LogP contribution in [0.15, 0.2) is 24.3 Å². The van der Waals surface area contributed by atoms with E-state index in [0.29, 0.717) is 12.5 Å². The van der Waals surface area contributed by atoms with Crippen LogP contribution in [0.25, 0.3) is 0 Å².